The summed E-state index contributed by atoms with van der Waals surface area (Å²) in [5.41, 5.74) is 9.14. The van der Waals surface area contributed by atoms with Crippen LogP contribution in [0, 0.1) is 23.7 Å². The lowest BCUT2D eigenvalue weighted by Crippen LogP contribution is -2.42. The van der Waals surface area contributed by atoms with Crippen LogP contribution in [0.5, 0.6) is 0 Å². The van der Waals surface area contributed by atoms with Gasteiger partial charge in [-0.15, -0.1) is 0 Å². The topological polar surface area (TPSA) is 70.9 Å². The minimum Gasteiger partial charge on any atom is -0.371 e. The Morgan fingerprint density at radius 3 is 2.61 bits per heavy atom. The van der Waals surface area contributed by atoms with Gasteiger partial charge in [-0.25, -0.2) is 0 Å². The third-order valence-corrected chi connectivity index (χ3v) is 8.48. The van der Waals surface area contributed by atoms with Crippen molar-refractivity contribution in [1.29, 1.82) is 5.26 Å². The molecule has 0 atom stereocenters. The van der Waals surface area contributed by atoms with Gasteiger partial charge in [0.05, 0.1) is 5.52 Å². The van der Waals surface area contributed by atoms with E-state index in [0.717, 1.165) is 54.7 Å². The molecule has 4 aromatic rings. The van der Waals surface area contributed by atoms with Crippen molar-refractivity contribution in [1.82, 2.24) is 14.9 Å². The van der Waals surface area contributed by atoms with Crippen LogP contribution < -0.4 is 4.90 Å². The van der Waals surface area contributed by atoms with Crippen molar-refractivity contribution in [3.8, 4) is 17.3 Å². The van der Waals surface area contributed by atoms with Crippen LogP contribution in [-0.4, -0.2) is 28.0 Å². The molecule has 0 amide bonds. The zero-order chi connectivity index (χ0) is 24.4. The van der Waals surface area contributed by atoms with Crippen LogP contribution in [0.15, 0.2) is 53.1 Å². The lowest BCUT2D eigenvalue weighted by molar-refractivity contribution is 0.277. The summed E-state index contributed by atoms with van der Waals surface area (Å²) in [5.74, 6) is 1.64. The number of anilines is 1. The SMILES string of the molecule is Cc1ccccc1-c1noc(C2CC2)c1C1=CC2(CCN(c3ccc4c(C#N)nn(C)c4c3)CC2)C1. The predicted octanol–water partition coefficient (Wildman–Crippen LogP) is 6.36. The second-order valence-corrected chi connectivity index (χ2v) is 10.8. The summed E-state index contributed by atoms with van der Waals surface area (Å²) in [6.45, 7) is 4.21. The number of aryl methyl sites for hydroxylation is 2. The third kappa shape index (κ3) is 3.30. The molecule has 1 saturated heterocycles. The first-order chi connectivity index (χ1) is 17.5. The van der Waals surface area contributed by atoms with E-state index in [4.69, 9.17) is 4.52 Å². The monoisotopic (exact) mass is 475 g/mol. The molecule has 0 radical (unpaired) electrons. The van der Waals surface area contributed by atoms with Gasteiger partial charge in [0, 0.05) is 48.3 Å². The van der Waals surface area contributed by atoms with Crippen molar-refractivity contribution in [3.05, 3.63) is 71.1 Å². The molecule has 7 rings (SSSR count). The Morgan fingerprint density at radius 2 is 1.89 bits per heavy atom. The number of rotatable bonds is 4. The fraction of sp³-hybridized carbons (Fsp3) is 0.367. The van der Waals surface area contributed by atoms with Crippen LogP contribution in [0.3, 0.4) is 0 Å². The zero-order valence-electron chi connectivity index (χ0n) is 20.8. The van der Waals surface area contributed by atoms with Crippen LogP contribution in [0.25, 0.3) is 27.7 Å². The fourth-order valence-corrected chi connectivity index (χ4v) is 6.20. The number of allylic oxidation sites excluding steroid dienone is 2. The largest absolute Gasteiger partial charge is 0.371 e. The molecule has 36 heavy (non-hydrogen) atoms. The quantitative estimate of drug-likeness (QED) is 0.343. The summed E-state index contributed by atoms with van der Waals surface area (Å²) in [7, 11) is 1.91. The average Bonchev–Trinajstić information content (AvgIpc) is 3.56. The van der Waals surface area contributed by atoms with E-state index in [9.17, 15) is 5.26 Å². The highest BCUT2D eigenvalue weighted by Crippen LogP contribution is 2.55. The molecule has 1 spiro atoms. The number of hydrogen-bond acceptors (Lipinski definition) is 5. The molecule has 6 nitrogen and oxygen atoms in total. The van der Waals surface area contributed by atoms with E-state index in [1.165, 1.54) is 40.8 Å². The summed E-state index contributed by atoms with van der Waals surface area (Å²) < 4.78 is 7.78. The maximum Gasteiger partial charge on any atom is 0.170 e. The molecule has 2 fully saturated rings. The van der Waals surface area contributed by atoms with E-state index < -0.39 is 0 Å². The zero-order valence-corrected chi connectivity index (χ0v) is 20.8. The third-order valence-electron chi connectivity index (χ3n) is 8.48. The van der Waals surface area contributed by atoms with E-state index in [-0.39, 0.29) is 5.41 Å². The second kappa shape index (κ2) is 7.83. The number of fused-ring (bicyclic) bond motifs is 1. The van der Waals surface area contributed by atoms with Gasteiger partial charge < -0.3 is 9.42 Å². The van der Waals surface area contributed by atoms with Gasteiger partial charge in [-0.1, -0.05) is 35.5 Å². The summed E-state index contributed by atoms with van der Waals surface area (Å²) in [6.07, 6.45) is 8.35. The Labute approximate surface area is 210 Å². The molecule has 3 aliphatic rings. The van der Waals surface area contributed by atoms with Crippen molar-refractivity contribution < 1.29 is 4.52 Å². The Hall–Kier alpha value is -3.85. The van der Waals surface area contributed by atoms with Crippen molar-refractivity contribution in [2.24, 2.45) is 12.5 Å². The molecule has 1 aliphatic heterocycles. The lowest BCUT2D eigenvalue weighted by Gasteiger charge is -2.47. The van der Waals surface area contributed by atoms with Crippen molar-refractivity contribution in [3.63, 3.8) is 0 Å². The Bertz CT molecular complexity index is 1570. The standard InChI is InChI=1S/C30H29N5O/c1-19-5-3-4-6-23(19)28-27(29(36-33-28)20-7-8-20)21-16-30(17-21)11-13-35(14-12-30)22-9-10-24-25(18-31)32-34(2)26(24)15-22/h3-6,9-10,15-16,20H,7-8,11-14,17H2,1-2H3. The number of hydrogen-bond donors (Lipinski definition) is 0. The molecular weight excluding hydrogens is 446 g/mol. The number of benzene rings is 2. The highest BCUT2D eigenvalue weighted by Gasteiger charge is 2.43. The van der Waals surface area contributed by atoms with Gasteiger partial charge in [0.1, 0.15) is 17.5 Å². The van der Waals surface area contributed by atoms with Gasteiger partial charge >= 0.3 is 0 Å². The maximum atomic E-state index is 9.34. The lowest BCUT2D eigenvalue weighted by atomic mass is 9.63. The molecule has 3 heterocycles. The highest BCUT2D eigenvalue weighted by atomic mass is 16.5. The van der Waals surface area contributed by atoms with Gasteiger partial charge in [0.25, 0.3) is 0 Å². The van der Waals surface area contributed by atoms with E-state index in [1.54, 1.807) is 0 Å². The Balaban J connectivity index is 1.14. The van der Waals surface area contributed by atoms with Gasteiger partial charge in [-0.05, 0) is 73.8 Å². The first-order valence-corrected chi connectivity index (χ1v) is 12.9. The summed E-state index contributed by atoms with van der Waals surface area (Å²) in [4.78, 5) is 2.48. The summed E-state index contributed by atoms with van der Waals surface area (Å²) in [5, 5.41) is 19.2. The van der Waals surface area contributed by atoms with Crippen molar-refractivity contribution in [2.75, 3.05) is 18.0 Å². The van der Waals surface area contributed by atoms with E-state index in [2.05, 4.69) is 70.6 Å². The van der Waals surface area contributed by atoms with Crippen LogP contribution in [0.4, 0.5) is 5.69 Å². The van der Waals surface area contributed by atoms with E-state index >= 15 is 0 Å². The minimum atomic E-state index is 0.275. The highest BCUT2D eigenvalue weighted by molar-refractivity contribution is 5.87. The number of nitriles is 1. The summed E-state index contributed by atoms with van der Waals surface area (Å²) >= 11 is 0. The Morgan fingerprint density at radius 1 is 1.11 bits per heavy atom. The van der Waals surface area contributed by atoms with Crippen LogP contribution in [0.1, 0.15) is 60.6 Å². The first-order valence-electron chi connectivity index (χ1n) is 12.9. The van der Waals surface area contributed by atoms with Crippen LogP contribution >= 0.6 is 0 Å². The smallest absolute Gasteiger partial charge is 0.170 e. The molecule has 2 aliphatic carbocycles. The van der Waals surface area contributed by atoms with Crippen LogP contribution in [0.2, 0.25) is 0 Å². The molecule has 0 bridgehead atoms. The second-order valence-electron chi connectivity index (χ2n) is 10.8. The molecule has 0 unspecified atom stereocenters. The average molecular weight is 476 g/mol. The van der Waals surface area contributed by atoms with Gasteiger partial charge in [0.15, 0.2) is 5.69 Å². The minimum absolute atomic E-state index is 0.275. The maximum absolute atomic E-state index is 9.34. The molecular formula is C30H29N5O. The van der Waals surface area contributed by atoms with E-state index in [1.807, 2.05) is 17.8 Å². The number of aromatic nitrogens is 3. The molecule has 180 valence electrons. The van der Waals surface area contributed by atoms with Crippen molar-refractivity contribution in [2.45, 2.75) is 44.9 Å². The van der Waals surface area contributed by atoms with Crippen molar-refractivity contribution >= 4 is 22.2 Å². The van der Waals surface area contributed by atoms with Gasteiger partial charge in [-0.2, -0.15) is 10.4 Å². The first kappa shape index (κ1) is 21.4. The fourth-order valence-electron chi connectivity index (χ4n) is 6.20. The van der Waals surface area contributed by atoms with Gasteiger partial charge in [-0.3, -0.25) is 4.68 Å². The summed E-state index contributed by atoms with van der Waals surface area (Å²) in [6, 6.07) is 17.1. The predicted molar refractivity (Wildman–Crippen MR) is 141 cm³/mol. The molecule has 1 saturated carbocycles. The molecule has 2 aromatic heterocycles. The molecule has 0 N–H and O–H groups in total. The Kier molecular flexibility index (Phi) is 4.66. The van der Waals surface area contributed by atoms with E-state index in [0.29, 0.717) is 11.6 Å². The normalized spacial score (nSPS) is 18.8. The van der Waals surface area contributed by atoms with Crippen LogP contribution in [-0.2, 0) is 7.05 Å². The van der Waals surface area contributed by atoms with Gasteiger partial charge in [0.2, 0.25) is 0 Å². The number of piperidine rings is 1. The number of nitrogens with zero attached hydrogens (tertiary/aromatic N) is 5. The molecule has 2 aromatic carbocycles. The molecule has 6 heteroatoms.